The molecule has 1 amide bonds. The van der Waals surface area contributed by atoms with Crippen LogP contribution in [0.15, 0.2) is 60.8 Å². The van der Waals surface area contributed by atoms with E-state index < -0.39 is 0 Å². The van der Waals surface area contributed by atoms with Crippen molar-refractivity contribution in [3.8, 4) is 5.69 Å². The number of anilines is 1. The Balaban J connectivity index is 1.32. The number of carbonyl (C=O) groups is 1. The van der Waals surface area contributed by atoms with Gasteiger partial charge in [-0.1, -0.05) is 18.2 Å². The number of H-pyrrole nitrogens is 1. The van der Waals surface area contributed by atoms with Crippen molar-refractivity contribution in [2.75, 3.05) is 31.1 Å². The van der Waals surface area contributed by atoms with Crippen LogP contribution in [0.2, 0.25) is 0 Å². The number of aryl methyl sites for hydroxylation is 1. The number of hydrogen-bond donors (Lipinski definition) is 1. The summed E-state index contributed by atoms with van der Waals surface area (Å²) in [5.74, 6) is 0.103. The quantitative estimate of drug-likeness (QED) is 0.568. The number of nitrogens with one attached hydrogen (secondary N) is 1. The first-order valence-electron chi connectivity index (χ1n) is 10.3. The molecule has 1 N–H and O–H groups in total. The SMILES string of the molecule is Cc1nn(-c2ccccc2)c(C)c1N1CCN(C(=O)c2ccc3[nH]ccc3c2)CC1. The number of piperazine rings is 1. The van der Waals surface area contributed by atoms with Gasteiger partial charge in [0.2, 0.25) is 0 Å². The van der Waals surface area contributed by atoms with Gasteiger partial charge >= 0.3 is 0 Å². The zero-order valence-electron chi connectivity index (χ0n) is 17.3. The number of amides is 1. The van der Waals surface area contributed by atoms with E-state index in [4.69, 9.17) is 5.10 Å². The third-order valence-corrected chi connectivity index (χ3v) is 5.94. The average molecular weight is 399 g/mol. The fourth-order valence-electron chi connectivity index (χ4n) is 4.41. The standard InChI is InChI=1S/C24H25N5O/c1-17-23(18(2)29(26-17)21-6-4-3-5-7-21)27-12-14-28(15-13-27)24(30)20-8-9-22-19(16-20)10-11-25-22/h3-11,16,25H,12-15H2,1-2H3. The first-order chi connectivity index (χ1) is 14.6. The molecular formula is C24H25N5O. The molecule has 30 heavy (non-hydrogen) atoms. The minimum atomic E-state index is 0.103. The van der Waals surface area contributed by atoms with E-state index in [-0.39, 0.29) is 5.91 Å². The minimum absolute atomic E-state index is 0.103. The molecule has 0 bridgehead atoms. The number of hydrogen-bond acceptors (Lipinski definition) is 3. The van der Waals surface area contributed by atoms with E-state index in [9.17, 15) is 4.79 Å². The third-order valence-electron chi connectivity index (χ3n) is 5.94. The fourth-order valence-corrected chi connectivity index (χ4v) is 4.41. The lowest BCUT2D eigenvalue weighted by Crippen LogP contribution is -2.49. The van der Waals surface area contributed by atoms with Crippen LogP contribution in [0.4, 0.5) is 5.69 Å². The van der Waals surface area contributed by atoms with Crippen LogP contribution in [0.25, 0.3) is 16.6 Å². The maximum atomic E-state index is 13.0. The van der Waals surface area contributed by atoms with Crippen molar-refractivity contribution in [3.05, 3.63) is 77.7 Å². The summed E-state index contributed by atoms with van der Waals surface area (Å²) < 4.78 is 2.01. The zero-order valence-corrected chi connectivity index (χ0v) is 17.3. The second-order valence-corrected chi connectivity index (χ2v) is 7.83. The van der Waals surface area contributed by atoms with Gasteiger partial charge in [0.15, 0.2) is 0 Å². The first-order valence-corrected chi connectivity index (χ1v) is 10.3. The summed E-state index contributed by atoms with van der Waals surface area (Å²) in [6.45, 7) is 7.21. The lowest BCUT2D eigenvalue weighted by molar-refractivity contribution is 0.0747. The van der Waals surface area contributed by atoms with E-state index in [0.717, 1.165) is 46.6 Å². The summed E-state index contributed by atoms with van der Waals surface area (Å²) in [4.78, 5) is 20.5. The monoisotopic (exact) mass is 399 g/mol. The molecule has 0 spiro atoms. The van der Waals surface area contributed by atoms with Gasteiger partial charge in [-0.3, -0.25) is 4.79 Å². The lowest BCUT2D eigenvalue weighted by atomic mass is 10.1. The van der Waals surface area contributed by atoms with Crippen molar-refractivity contribution in [2.45, 2.75) is 13.8 Å². The van der Waals surface area contributed by atoms with E-state index in [1.54, 1.807) is 0 Å². The number of para-hydroxylation sites is 1. The summed E-state index contributed by atoms with van der Waals surface area (Å²) in [6.07, 6.45) is 1.90. The van der Waals surface area contributed by atoms with E-state index in [1.165, 1.54) is 5.69 Å². The number of nitrogens with zero attached hydrogens (tertiary/aromatic N) is 4. The van der Waals surface area contributed by atoms with Gasteiger partial charge in [0.05, 0.1) is 22.8 Å². The maximum absolute atomic E-state index is 13.0. The number of aromatic nitrogens is 3. The molecule has 3 heterocycles. The Morgan fingerprint density at radius 1 is 0.967 bits per heavy atom. The molecule has 6 nitrogen and oxygen atoms in total. The highest BCUT2D eigenvalue weighted by Gasteiger charge is 2.26. The van der Waals surface area contributed by atoms with Gasteiger partial charge in [-0.15, -0.1) is 0 Å². The van der Waals surface area contributed by atoms with Gasteiger partial charge in [-0.05, 0) is 50.2 Å². The van der Waals surface area contributed by atoms with E-state index in [1.807, 2.05) is 58.2 Å². The number of aromatic amines is 1. The van der Waals surface area contributed by atoms with Crippen molar-refractivity contribution < 1.29 is 4.79 Å². The molecule has 1 fully saturated rings. The molecule has 0 atom stereocenters. The largest absolute Gasteiger partial charge is 0.365 e. The first kappa shape index (κ1) is 18.5. The number of rotatable bonds is 3. The molecule has 1 saturated heterocycles. The van der Waals surface area contributed by atoms with Gasteiger partial charge < -0.3 is 14.8 Å². The molecule has 4 aromatic rings. The summed E-state index contributed by atoms with van der Waals surface area (Å²) in [7, 11) is 0. The Morgan fingerprint density at radius 3 is 2.50 bits per heavy atom. The van der Waals surface area contributed by atoms with E-state index in [2.05, 4.69) is 35.9 Å². The van der Waals surface area contributed by atoms with Crippen LogP contribution in [0.5, 0.6) is 0 Å². The highest BCUT2D eigenvalue weighted by atomic mass is 16.2. The second-order valence-electron chi connectivity index (χ2n) is 7.83. The van der Waals surface area contributed by atoms with Crippen LogP contribution in [0.1, 0.15) is 21.7 Å². The van der Waals surface area contributed by atoms with Crippen LogP contribution >= 0.6 is 0 Å². The molecule has 0 saturated carbocycles. The maximum Gasteiger partial charge on any atom is 0.253 e. The molecule has 5 rings (SSSR count). The number of carbonyl (C=O) groups excluding carboxylic acids is 1. The van der Waals surface area contributed by atoms with Crippen molar-refractivity contribution >= 4 is 22.5 Å². The van der Waals surface area contributed by atoms with Gasteiger partial charge in [0.1, 0.15) is 0 Å². The fraction of sp³-hybridized carbons (Fsp3) is 0.250. The molecule has 0 aliphatic carbocycles. The van der Waals surface area contributed by atoms with E-state index >= 15 is 0 Å². The smallest absolute Gasteiger partial charge is 0.253 e. The normalized spacial score (nSPS) is 14.5. The predicted molar refractivity (Wildman–Crippen MR) is 119 cm³/mol. The summed E-state index contributed by atoms with van der Waals surface area (Å²) >= 11 is 0. The summed E-state index contributed by atoms with van der Waals surface area (Å²) in [6, 6.07) is 18.1. The van der Waals surface area contributed by atoms with Gasteiger partial charge in [-0.25, -0.2) is 4.68 Å². The van der Waals surface area contributed by atoms with Crippen LogP contribution in [-0.2, 0) is 0 Å². The number of benzene rings is 2. The Morgan fingerprint density at radius 2 is 1.73 bits per heavy atom. The van der Waals surface area contributed by atoms with Crippen molar-refractivity contribution in [1.82, 2.24) is 19.7 Å². The molecule has 1 aliphatic rings. The third kappa shape index (κ3) is 3.14. The van der Waals surface area contributed by atoms with Crippen LogP contribution in [-0.4, -0.2) is 51.8 Å². The second kappa shape index (κ2) is 7.37. The van der Waals surface area contributed by atoms with Crippen LogP contribution < -0.4 is 4.90 Å². The van der Waals surface area contributed by atoms with Crippen LogP contribution in [0, 0.1) is 13.8 Å². The van der Waals surface area contributed by atoms with Crippen molar-refractivity contribution in [3.63, 3.8) is 0 Å². The molecular weight excluding hydrogens is 374 g/mol. The molecule has 2 aromatic heterocycles. The summed E-state index contributed by atoms with van der Waals surface area (Å²) in [5.41, 5.74) is 6.21. The highest BCUT2D eigenvalue weighted by molar-refractivity contribution is 5.98. The molecule has 152 valence electrons. The lowest BCUT2D eigenvalue weighted by Gasteiger charge is -2.36. The highest BCUT2D eigenvalue weighted by Crippen LogP contribution is 2.28. The molecule has 0 unspecified atom stereocenters. The predicted octanol–water partition coefficient (Wildman–Crippen LogP) is 3.93. The Bertz CT molecular complexity index is 1200. The van der Waals surface area contributed by atoms with Crippen molar-refractivity contribution in [1.29, 1.82) is 0 Å². The van der Waals surface area contributed by atoms with Gasteiger partial charge in [0.25, 0.3) is 5.91 Å². The topological polar surface area (TPSA) is 57.2 Å². The van der Waals surface area contributed by atoms with Gasteiger partial charge in [0, 0.05) is 48.8 Å². The zero-order chi connectivity index (χ0) is 20.7. The van der Waals surface area contributed by atoms with E-state index in [0.29, 0.717) is 13.1 Å². The molecule has 1 aliphatic heterocycles. The average Bonchev–Trinajstić information content (AvgIpc) is 3.37. The Kier molecular flexibility index (Phi) is 4.54. The van der Waals surface area contributed by atoms with Gasteiger partial charge in [-0.2, -0.15) is 5.10 Å². The Labute approximate surface area is 175 Å². The van der Waals surface area contributed by atoms with Crippen molar-refractivity contribution in [2.24, 2.45) is 0 Å². The molecule has 0 radical (unpaired) electrons. The minimum Gasteiger partial charge on any atom is -0.365 e. The van der Waals surface area contributed by atoms with Crippen LogP contribution in [0.3, 0.4) is 0 Å². The number of fused-ring (bicyclic) bond motifs is 1. The molecule has 6 heteroatoms. The Hall–Kier alpha value is -3.54. The molecule has 2 aromatic carbocycles. The summed E-state index contributed by atoms with van der Waals surface area (Å²) in [5, 5.41) is 5.84.